The van der Waals surface area contributed by atoms with Crippen LogP contribution in [0.3, 0.4) is 0 Å². The second-order valence-corrected chi connectivity index (χ2v) is 9.49. The fourth-order valence-corrected chi connectivity index (χ4v) is 5.05. The Kier molecular flexibility index (Phi) is 6.62. The number of aromatic nitrogens is 3. The van der Waals surface area contributed by atoms with E-state index in [0.29, 0.717) is 33.4 Å². The lowest BCUT2D eigenvalue weighted by Gasteiger charge is -2.16. The fourth-order valence-electron chi connectivity index (χ4n) is 4.25. The summed E-state index contributed by atoms with van der Waals surface area (Å²) in [5.41, 5.74) is 4.92. The molecular weight excluding hydrogens is 488 g/mol. The Balaban J connectivity index is 1.55. The maximum Gasteiger partial charge on any atom is 0.283 e. The van der Waals surface area contributed by atoms with Crippen molar-refractivity contribution in [2.45, 2.75) is 19.0 Å². The third kappa shape index (κ3) is 4.53. The Labute approximate surface area is 217 Å². The lowest BCUT2D eigenvalue weighted by Crippen LogP contribution is -2.23. The van der Waals surface area contributed by atoms with E-state index in [1.807, 2.05) is 56.3 Å². The van der Waals surface area contributed by atoms with Crippen LogP contribution in [0.4, 0.5) is 5.69 Å². The molecule has 9 heteroatoms. The molecule has 0 saturated carbocycles. The summed E-state index contributed by atoms with van der Waals surface area (Å²) in [6.45, 7) is 3.98. The van der Waals surface area contributed by atoms with Crippen LogP contribution >= 0.6 is 11.8 Å². The highest BCUT2D eigenvalue weighted by Gasteiger charge is 2.20. The highest BCUT2D eigenvalue weighted by molar-refractivity contribution is 7.99. The third-order valence-electron chi connectivity index (χ3n) is 6.33. The molecule has 0 radical (unpaired) electrons. The molecule has 0 fully saturated rings. The second-order valence-electron chi connectivity index (χ2n) is 8.55. The summed E-state index contributed by atoms with van der Waals surface area (Å²) >= 11 is 1.21. The molecule has 0 bridgehead atoms. The molecule has 5 aromatic rings. The molecule has 1 amide bonds. The molecular formula is C28H26N4O4S. The van der Waals surface area contributed by atoms with E-state index in [0.717, 1.165) is 27.7 Å². The lowest BCUT2D eigenvalue weighted by atomic mass is 10.1. The number of aromatic amines is 1. The first-order valence-corrected chi connectivity index (χ1v) is 12.6. The highest BCUT2D eigenvalue weighted by atomic mass is 32.2. The number of thioether (sulfide) groups is 1. The molecule has 0 aliphatic carbocycles. The van der Waals surface area contributed by atoms with Crippen molar-refractivity contribution in [1.82, 2.24) is 14.5 Å². The minimum atomic E-state index is -0.255. The van der Waals surface area contributed by atoms with Crippen LogP contribution in [0.2, 0.25) is 0 Å². The fraction of sp³-hybridized carbons (Fsp3) is 0.179. The quantitative estimate of drug-likeness (QED) is 0.228. The minimum Gasteiger partial charge on any atom is -0.497 e. The summed E-state index contributed by atoms with van der Waals surface area (Å²) < 4.78 is 12.2. The summed E-state index contributed by atoms with van der Waals surface area (Å²) in [5.74, 6) is 0.899. The van der Waals surface area contributed by atoms with Gasteiger partial charge in [-0.2, -0.15) is 0 Å². The molecule has 5 rings (SSSR count). The van der Waals surface area contributed by atoms with Crippen LogP contribution in [-0.2, 0) is 4.79 Å². The Morgan fingerprint density at radius 2 is 1.86 bits per heavy atom. The van der Waals surface area contributed by atoms with E-state index < -0.39 is 0 Å². The molecule has 0 atom stereocenters. The predicted molar refractivity (Wildman–Crippen MR) is 148 cm³/mol. The Morgan fingerprint density at radius 1 is 1.05 bits per heavy atom. The van der Waals surface area contributed by atoms with E-state index in [4.69, 9.17) is 14.5 Å². The van der Waals surface area contributed by atoms with Gasteiger partial charge in [0.05, 0.1) is 31.3 Å². The van der Waals surface area contributed by atoms with Crippen molar-refractivity contribution in [3.8, 4) is 17.2 Å². The highest BCUT2D eigenvalue weighted by Crippen LogP contribution is 2.30. The topological polar surface area (TPSA) is 98.2 Å². The van der Waals surface area contributed by atoms with E-state index in [-0.39, 0.29) is 17.2 Å². The zero-order valence-electron chi connectivity index (χ0n) is 20.9. The van der Waals surface area contributed by atoms with E-state index in [1.54, 1.807) is 29.9 Å². The normalized spacial score (nSPS) is 11.1. The van der Waals surface area contributed by atoms with Crippen LogP contribution in [0.1, 0.15) is 11.1 Å². The summed E-state index contributed by atoms with van der Waals surface area (Å²) in [7, 11) is 3.10. The Bertz CT molecular complexity index is 1710. The van der Waals surface area contributed by atoms with Crippen molar-refractivity contribution < 1.29 is 14.3 Å². The van der Waals surface area contributed by atoms with Gasteiger partial charge in [-0.25, -0.2) is 4.98 Å². The summed E-state index contributed by atoms with van der Waals surface area (Å²) in [4.78, 5) is 34.9. The van der Waals surface area contributed by atoms with Crippen LogP contribution in [-0.4, -0.2) is 40.4 Å². The lowest BCUT2D eigenvalue weighted by molar-refractivity contribution is -0.113. The number of nitrogens with zero attached hydrogens (tertiary/aromatic N) is 2. The molecule has 0 unspecified atom stereocenters. The van der Waals surface area contributed by atoms with Crippen LogP contribution in [0.5, 0.6) is 11.5 Å². The Morgan fingerprint density at radius 3 is 2.65 bits per heavy atom. The monoisotopic (exact) mass is 514 g/mol. The van der Waals surface area contributed by atoms with Crippen LogP contribution < -0.4 is 20.3 Å². The van der Waals surface area contributed by atoms with Crippen molar-refractivity contribution in [3.05, 3.63) is 82.1 Å². The van der Waals surface area contributed by atoms with Crippen LogP contribution in [0.25, 0.3) is 27.6 Å². The maximum absolute atomic E-state index is 13.8. The zero-order valence-corrected chi connectivity index (χ0v) is 21.7. The molecule has 0 spiro atoms. The number of hydrogen-bond donors (Lipinski definition) is 2. The zero-order chi connectivity index (χ0) is 26.1. The number of para-hydroxylation sites is 1. The van der Waals surface area contributed by atoms with Gasteiger partial charge in [0.15, 0.2) is 5.16 Å². The minimum absolute atomic E-state index is 0.0420. The third-order valence-corrected chi connectivity index (χ3v) is 7.27. The first-order chi connectivity index (χ1) is 17.9. The van der Waals surface area contributed by atoms with Crippen molar-refractivity contribution in [3.63, 3.8) is 0 Å². The van der Waals surface area contributed by atoms with Gasteiger partial charge in [0.25, 0.3) is 5.56 Å². The van der Waals surface area contributed by atoms with E-state index in [1.165, 1.54) is 18.9 Å². The van der Waals surface area contributed by atoms with Gasteiger partial charge in [-0.1, -0.05) is 42.1 Å². The SMILES string of the molecule is COc1ccc(NC(=O)CSc2nc3c([nH]c4ccccc43)c(=O)n2-c2cccc(C)c2C)c(OC)c1. The predicted octanol–water partition coefficient (Wildman–Crippen LogP) is 5.23. The number of benzene rings is 3. The van der Waals surface area contributed by atoms with Gasteiger partial charge in [-0.05, 0) is 49.2 Å². The average Bonchev–Trinajstić information content (AvgIpc) is 3.29. The number of amides is 1. The molecule has 188 valence electrons. The number of ether oxygens (including phenoxy) is 2. The Hall–Kier alpha value is -4.24. The average molecular weight is 515 g/mol. The van der Waals surface area contributed by atoms with Crippen molar-refractivity contribution >= 4 is 45.3 Å². The van der Waals surface area contributed by atoms with Gasteiger partial charge >= 0.3 is 0 Å². The number of carbonyl (C=O) groups is 1. The molecule has 2 heterocycles. The molecule has 2 aromatic heterocycles. The smallest absolute Gasteiger partial charge is 0.283 e. The molecule has 0 aliphatic heterocycles. The van der Waals surface area contributed by atoms with E-state index in [2.05, 4.69) is 10.3 Å². The molecule has 37 heavy (non-hydrogen) atoms. The number of fused-ring (bicyclic) bond motifs is 3. The first kappa shape index (κ1) is 24.5. The number of aryl methyl sites for hydroxylation is 1. The van der Waals surface area contributed by atoms with Crippen LogP contribution in [0.15, 0.2) is 70.6 Å². The summed E-state index contributed by atoms with van der Waals surface area (Å²) in [6, 6.07) is 18.7. The standard InChI is InChI=1S/C28H26N4O4S/c1-16-8-7-11-22(17(16)2)32-27(34)26-25(19-9-5-6-10-20(19)30-26)31-28(32)37-15-24(33)29-21-13-12-18(35-3)14-23(21)36-4/h5-14,30H,15H2,1-4H3,(H,29,33). The van der Waals surface area contributed by atoms with Gasteiger partial charge in [0.2, 0.25) is 5.91 Å². The molecule has 0 aliphatic rings. The van der Waals surface area contributed by atoms with Gasteiger partial charge in [0, 0.05) is 17.0 Å². The number of carbonyl (C=O) groups excluding carboxylic acids is 1. The van der Waals surface area contributed by atoms with Gasteiger partial charge < -0.3 is 19.8 Å². The number of methoxy groups -OCH3 is 2. The molecule has 2 N–H and O–H groups in total. The number of rotatable bonds is 7. The summed E-state index contributed by atoms with van der Waals surface area (Å²) in [6.07, 6.45) is 0. The number of nitrogens with one attached hydrogen (secondary N) is 2. The largest absolute Gasteiger partial charge is 0.497 e. The molecule has 0 saturated heterocycles. The van der Waals surface area contributed by atoms with Gasteiger partial charge in [-0.3, -0.25) is 14.2 Å². The maximum atomic E-state index is 13.8. The van der Waals surface area contributed by atoms with Crippen LogP contribution in [0, 0.1) is 13.8 Å². The molecule has 3 aromatic carbocycles. The van der Waals surface area contributed by atoms with Crippen molar-refractivity contribution in [2.75, 3.05) is 25.3 Å². The second kappa shape index (κ2) is 10.0. The molecule has 8 nitrogen and oxygen atoms in total. The number of anilines is 1. The summed E-state index contributed by atoms with van der Waals surface area (Å²) in [5, 5.41) is 4.17. The van der Waals surface area contributed by atoms with E-state index in [9.17, 15) is 9.59 Å². The number of hydrogen-bond acceptors (Lipinski definition) is 6. The first-order valence-electron chi connectivity index (χ1n) is 11.7. The van der Waals surface area contributed by atoms with Crippen molar-refractivity contribution in [2.24, 2.45) is 0 Å². The van der Waals surface area contributed by atoms with Gasteiger partial charge in [-0.15, -0.1) is 0 Å². The van der Waals surface area contributed by atoms with E-state index >= 15 is 0 Å². The van der Waals surface area contributed by atoms with Gasteiger partial charge in [0.1, 0.15) is 22.5 Å². The number of H-pyrrole nitrogens is 1. The van der Waals surface area contributed by atoms with Crippen molar-refractivity contribution in [1.29, 1.82) is 0 Å².